The van der Waals surface area contributed by atoms with E-state index in [1.807, 2.05) is 17.5 Å². The second-order valence-electron chi connectivity index (χ2n) is 4.38. The van der Waals surface area contributed by atoms with Gasteiger partial charge < -0.3 is 5.11 Å². The first-order chi connectivity index (χ1) is 7.60. The van der Waals surface area contributed by atoms with Crippen molar-refractivity contribution in [2.24, 2.45) is 5.41 Å². The maximum atomic E-state index is 11.9. The third-order valence-electron chi connectivity index (χ3n) is 2.83. The Balaban J connectivity index is 1.85. The molecule has 0 spiro atoms. The summed E-state index contributed by atoms with van der Waals surface area (Å²) < 4.78 is 11.9. The van der Waals surface area contributed by atoms with Gasteiger partial charge in [-0.05, 0) is 29.7 Å². The smallest absolute Gasteiger partial charge is 0.303 e. The zero-order valence-electron chi connectivity index (χ0n) is 8.85. The minimum Gasteiger partial charge on any atom is -0.481 e. The Kier molecular flexibility index (Phi) is 3.44. The van der Waals surface area contributed by atoms with Gasteiger partial charge >= 0.3 is 5.97 Å². The highest BCUT2D eigenvalue weighted by Crippen LogP contribution is 2.49. The summed E-state index contributed by atoms with van der Waals surface area (Å²) in [6.45, 7) is 0. The van der Waals surface area contributed by atoms with Gasteiger partial charge in [0, 0.05) is 21.4 Å². The lowest BCUT2D eigenvalue weighted by atomic mass is 10.1. The number of carbonyl (C=O) groups is 1. The van der Waals surface area contributed by atoms with Crippen LogP contribution in [0.2, 0.25) is 0 Å². The van der Waals surface area contributed by atoms with Crippen molar-refractivity contribution in [2.75, 3.05) is 5.75 Å². The molecule has 1 saturated carbocycles. The normalized spacial score (nSPS) is 19.2. The second-order valence-corrected chi connectivity index (χ2v) is 6.87. The number of rotatable bonds is 6. The van der Waals surface area contributed by atoms with Crippen LogP contribution in [-0.4, -0.2) is 21.0 Å². The Morgan fingerprint density at radius 1 is 1.56 bits per heavy atom. The van der Waals surface area contributed by atoms with E-state index in [9.17, 15) is 9.00 Å². The molecule has 0 bridgehead atoms. The minimum absolute atomic E-state index is 0.159. The number of hydrogen-bond donors (Lipinski definition) is 1. The van der Waals surface area contributed by atoms with E-state index >= 15 is 0 Å². The van der Waals surface area contributed by atoms with Gasteiger partial charge in [-0.3, -0.25) is 9.00 Å². The number of thiophene rings is 1. The fourth-order valence-electron chi connectivity index (χ4n) is 1.82. The zero-order chi connectivity index (χ0) is 11.6. The topological polar surface area (TPSA) is 54.4 Å². The maximum absolute atomic E-state index is 11.9. The van der Waals surface area contributed by atoms with Gasteiger partial charge in [-0.1, -0.05) is 6.07 Å². The third kappa shape index (κ3) is 3.15. The van der Waals surface area contributed by atoms with Crippen LogP contribution < -0.4 is 0 Å². The molecule has 16 heavy (non-hydrogen) atoms. The molecule has 1 aromatic heterocycles. The standard InChI is InChI=1S/C11H14O3S2/c12-10(13)6-11(3-4-11)8-16(14)7-9-2-1-5-15-9/h1-2,5H,3-4,6-8H2,(H,12,13). The maximum Gasteiger partial charge on any atom is 0.303 e. The number of carboxylic acids is 1. The average molecular weight is 258 g/mol. The fraction of sp³-hybridized carbons (Fsp3) is 0.545. The van der Waals surface area contributed by atoms with Gasteiger partial charge in [-0.25, -0.2) is 0 Å². The summed E-state index contributed by atoms with van der Waals surface area (Å²) in [5, 5.41) is 10.7. The molecule has 1 aliphatic carbocycles. The number of hydrogen-bond acceptors (Lipinski definition) is 3. The van der Waals surface area contributed by atoms with Crippen molar-refractivity contribution in [3.05, 3.63) is 22.4 Å². The SMILES string of the molecule is O=C(O)CC1(CS(=O)Cc2cccs2)CC1. The van der Waals surface area contributed by atoms with Crippen LogP contribution >= 0.6 is 11.3 Å². The van der Waals surface area contributed by atoms with E-state index in [0.29, 0.717) is 11.5 Å². The first-order valence-electron chi connectivity index (χ1n) is 5.19. The number of carboxylic acid groups (broad SMARTS) is 1. The average Bonchev–Trinajstić information content (AvgIpc) is 2.74. The van der Waals surface area contributed by atoms with E-state index in [4.69, 9.17) is 5.11 Å². The highest BCUT2D eigenvalue weighted by Gasteiger charge is 2.45. The molecule has 0 aromatic carbocycles. The van der Waals surface area contributed by atoms with Gasteiger partial charge in [0.2, 0.25) is 0 Å². The summed E-state index contributed by atoms with van der Waals surface area (Å²) >= 11 is 1.60. The van der Waals surface area contributed by atoms with Crippen LogP contribution in [0.4, 0.5) is 0 Å². The molecule has 5 heteroatoms. The fourth-order valence-corrected chi connectivity index (χ4v) is 4.56. The first-order valence-corrected chi connectivity index (χ1v) is 7.56. The minimum atomic E-state index is -0.926. The Morgan fingerprint density at radius 2 is 2.31 bits per heavy atom. The molecule has 0 amide bonds. The predicted molar refractivity (Wildman–Crippen MR) is 65.0 cm³/mol. The molecular formula is C11H14O3S2. The van der Waals surface area contributed by atoms with E-state index in [-0.39, 0.29) is 11.8 Å². The van der Waals surface area contributed by atoms with Crippen LogP contribution in [-0.2, 0) is 21.3 Å². The van der Waals surface area contributed by atoms with E-state index in [0.717, 1.165) is 17.7 Å². The third-order valence-corrected chi connectivity index (χ3v) is 5.46. The number of aliphatic carboxylic acids is 1. The molecule has 2 rings (SSSR count). The van der Waals surface area contributed by atoms with Gasteiger partial charge in [-0.15, -0.1) is 11.3 Å². The molecule has 1 aromatic rings. The van der Waals surface area contributed by atoms with Gasteiger partial charge in [0.05, 0.1) is 12.2 Å². The van der Waals surface area contributed by atoms with E-state index in [1.54, 1.807) is 11.3 Å². The van der Waals surface area contributed by atoms with E-state index < -0.39 is 16.8 Å². The van der Waals surface area contributed by atoms with Gasteiger partial charge in [0.1, 0.15) is 0 Å². The van der Waals surface area contributed by atoms with Crippen molar-refractivity contribution in [3.63, 3.8) is 0 Å². The van der Waals surface area contributed by atoms with Gasteiger partial charge in [-0.2, -0.15) is 0 Å². The summed E-state index contributed by atoms with van der Waals surface area (Å²) in [4.78, 5) is 11.8. The van der Waals surface area contributed by atoms with Crippen molar-refractivity contribution in [1.29, 1.82) is 0 Å². The first kappa shape index (κ1) is 11.8. The molecule has 1 atom stereocenters. The molecule has 0 saturated heterocycles. The van der Waals surface area contributed by atoms with Crippen molar-refractivity contribution in [3.8, 4) is 0 Å². The Hall–Kier alpha value is -0.680. The predicted octanol–water partition coefficient (Wildman–Crippen LogP) is 2.25. The van der Waals surface area contributed by atoms with Crippen LogP contribution in [0.1, 0.15) is 24.1 Å². The summed E-state index contributed by atoms with van der Waals surface area (Å²) in [6, 6.07) is 3.92. The highest BCUT2D eigenvalue weighted by atomic mass is 32.2. The largest absolute Gasteiger partial charge is 0.481 e. The zero-order valence-corrected chi connectivity index (χ0v) is 10.5. The van der Waals surface area contributed by atoms with Gasteiger partial charge in [0.15, 0.2) is 0 Å². The molecule has 1 unspecified atom stereocenters. The molecule has 1 N–H and O–H groups in total. The van der Waals surface area contributed by atoms with Crippen molar-refractivity contribution >= 4 is 28.1 Å². The van der Waals surface area contributed by atoms with Gasteiger partial charge in [0.25, 0.3) is 0 Å². The molecule has 0 aliphatic heterocycles. The Morgan fingerprint density at radius 3 is 2.81 bits per heavy atom. The summed E-state index contributed by atoms with van der Waals surface area (Å²) in [6.07, 6.45) is 1.99. The van der Waals surface area contributed by atoms with Crippen LogP contribution in [0, 0.1) is 5.41 Å². The Bertz CT molecular complexity index is 393. The van der Waals surface area contributed by atoms with E-state index in [2.05, 4.69) is 0 Å². The summed E-state index contributed by atoms with van der Waals surface area (Å²) in [7, 11) is -0.926. The molecular weight excluding hydrogens is 244 g/mol. The van der Waals surface area contributed by atoms with Crippen molar-refractivity contribution < 1.29 is 14.1 Å². The van der Waals surface area contributed by atoms with Crippen LogP contribution in [0.25, 0.3) is 0 Å². The highest BCUT2D eigenvalue weighted by molar-refractivity contribution is 7.84. The molecule has 1 aliphatic rings. The molecule has 1 heterocycles. The quantitative estimate of drug-likeness (QED) is 0.851. The second kappa shape index (κ2) is 4.67. The Labute approximate surface area is 101 Å². The van der Waals surface area contributed by atoms with Crippen LogP contribution in [0.5, 0.6) is 0 Å². The molecule has 88 valence electrons. The summed E-state index contributed by atoms with van der Waals surface area (Å²) in [5.74, 6) is 0.335. The lowest BCUT2D eigenvalue weighted by molar-refractivity contribution is -0.138. The molecule has 1 fully saturated rings. The van der Waals surface area contributed by atoms with Crippen LogP contribution in [0.15, 0.2) is 17.5 Å². The van der Waals surface area contributed by atoms with Crippen LogP contribution in [0.3, 0.4) is 0 Å². The lowest BCUT2D eigenvalue weighted by Crippen LogP contribution is -2.17. The van der Waals surface area contributed by atoms with E-state index in [1.165, 1.54) is 0 Å². The summed E-state index contributed by atoms with van der Waals surface area (Å²) in [5.41, 5.74) is -0.159. The lowest BCUT2D eigenvalue weighted by Gasteiger charge is -2.11. The monoisotopic (exact) mass is 258 g/mol. The van der Waals surface area contributed by atoms with Crippen molar-refractivity contribution in [2.45, 2.75) is 25.0 Å². The molecule has 3 nitrogen and oxygen atoms in total. The molecule has 0 radical (unpaired) electrons. The van der Waals surface area contributed by atoms with Crippen molar-refractivity contribution in [1.82, 2.24) is 0 Å².